The van der Waals surface area contributed by atoms with Gasteiger partial charge < -0.3 is 5.43 Å². The third-order valence-corrected chi connectivity index (χ3v) is 4.18. The summed E-state index contributed by atoms with van der Waals surface area (Å²) in [6.45, 7) is 1.91. The summed E-state index contributed by atoms with van der Waals surface area (Å²) in [5, 5.41) is 2.14. The minimum absolute atomic E-state index is 0.721. The molecule has 0 amide bonds. The van der Waals surface area contributed by atoms with Crippen LogP contribution in [0.4, 0.5) is 5.82 Å². The van der Waals surface area contributed by atoms with Crippen molar-refractivity contribution in [1.29, 1.82) is 0 Å². The van der Waals surface area contributed by atoms with Crippen LogP contribution in [0, 0.1) is 0 Å². The lowest BCUT2D eigenvalue weighted by atomic mass is 10.3. The van der Waals surface area contributed by atoms with E-state index in [1.165, 1.54) is 17.7 Å². The summed E-state index contributed by atoms with van der Waals surface area (Å²) in [6.07, 6.45) is 2.61. The number of anilines is 1. The van der Waals surface area contributed by atoms with Gasteiger partial charge in [0.1, 0.15) is 5.82 Å². The largest absolute Gasteiger partial charge is 0.308 e. The quantitative estimate of drug-likeness (QED) is 0.628. The Morgan fingerprint density at radius 2 is 2.16 bits per heavy atom. The smallest absolute Gasteiger partial charge is 0.140 e. The molecule has 1 fully saturated rings. The van der Waals surface area contributed by atoms with Gasteiger partial charge in [0.2, 0.25) is 0 Å². The minimum Gasteiger partial charge on any atom is -0.308 e. The minimum atomic E-state index is 0.721. The van der Waals surface area contributed by atoms with Crippen LogP contribution < -0.4 is 11.3 Å². The number of thiophene rings is 1. The number of hydrazine groups is 1. The van der Waals surface area contributed by atoms with Crippen LogP contribution in [0.1, 0.15) is 23.4 Å². The van der Waals surface area contributed by atoms with Gasteiger partial charge in [-0.15, -0.1) is 11.3 Å². The van der Waals surface area contributed by atoms with Crippen molar-refractivity contribution < 1.29 is 0 Å². The highest BCUT2D eigenvalue weighted by molar-refractivity contribution is 7.09. The van der Waals surface area contributed by atoms with Crippen LogP contribution in [0.3, 0.4) is 0 Å². The average molecular weight is 274 g/mol. The van der Waals surface area contributed by atoms with Gasteiger partial charge in [-0.25, -0.2) is 10.8 Å². The summed E-state index contributed by atoms with van der Waals surface area (Å²) >= 11 is 1.82. The molecule has 3 N–H and O–H groups in total. The van der Waals surface area contributed by atoms with Gasteiger partial charge >= 0.3 is 0 Å². The Labute approximate surface area is 117 Å². The monoisotopic (exact) mass is 274 g/mol. The Morgan fingerprint density at radius 1 is 1.26 bits per heavy atom. The molecule has 0 radical (unpaired) electrons. The molecule has 2 heterocycles. The van der Waals surface area contributed by atoms with Crippen molar-refractivity contribution in [3.8, 4) is 0 Å². The Hall–Kier alpha value is -1.43. The van der Waals surface area contributed by atoms with E-state index in [2.05, 4.69) is 38.9 Å². The van der Waals surface area contributed by atoms with Crippen molar-refractivity contribution in [3.05, 3.63) is 46.3 Å². The first-order valence-electron chi connectivity index (χ1n) is 6.54. The third-order valence-electron chi connectivity index (χ3n) is 3.32. The van der Waals surface area contributed by atoms with E-state index >= 15 is 0 Å². The molecule has 5 heteroatoms. The number of rotatable bonds is 6. The molecule has 1 saturated carbocycles. The summed E-state index contributed by atoms with van der Waals surface area (Å²) in [5.74, 6) is 6.13. The Balaban J connectivity index is 1.70. The van der Waals surface area contributed by atoms with Gasteiger partial charge in [-0.3, -0.25) is 4.90 Å². The van der Waals surface area contributed by atoms with Crippen LogP contribution in [0.25, 0.3) is 0 Å². The third kappa shape index (κ3) is 3.32. The second kappa shape index (κ2) is 5.69. The van der Waals surface area contributed by atoms with E-state index in [0.717, 1.165) is 30.6 Å². The van der Waals surface area contributed by atoms with Crippen LogP contribution in [0.5, 0.6) is 0 Å². The SMILES string of the molecule is NNc1cccc(CN(Cc2cccs2)C2CC2)n1. The van der Waals surface area contributed by atoms with E-state index in [1.807, 2.05) is 23.5 Å². The van der Waals surface area contributed by atoms with Gasteiger partial charge in [-0.2, -0.15) is 0 Å². The van der Waals surface area contributed by atoms with Gasteiger partial charge in [0.25, 0.3) is 0 Å². The van der Waals surface area contributed by atoms with Crippen LogP contribution in [-0.2, 0) is 13.1 Å². The Bertz CT molecular complexity index is 522. The van der Waals surface area contributed by atoms with Crippen molar-refractivity contribution in [2.75, 3.05) is 5.43 Å². The summed E-state index contributed by atoms with van der Waals surface area (Å²) in [6, 6.07) is 11.0. The number of hydrogen-bond acceptors (Lipinski definition) is 5. The summed E-state index contributed by atoms with van der Waals surface area (Å²) in [4.78, 5) is 8.42. The van der Waals surface area contributed by atoms with Gasteiger partial charge in [0.05, 0.1) is 5.69 Å². The molecule has 1 aliphatic carbocycles. The topological polar surface area (TPSA) is 54.2 Å². The molecule has 0 saturated heterocycles. The molecule has 0 spiro atoms. The molecule has 0 unspecified atom stereocenters. The zero-order valence-corrected chi connectivity index (χ0v) is 11.6. The highest BCUT2D eigenvalue weighted by atomic mass is 32.1. The van der Waals surface area contributed by atoms with Crippen LogP contribution in [0.15, 0.2) is 35.7 Å². The fraction of sp³-hybridized carbons (Fsp3) is 0.357. The second-order valence-electron chi connectivity index (χ2n) is 4.87. The van der Waals surface area contributed by atoms with E-state index in [9.17, 15) is 0 Å². The predicted molar refractivity (Wildman–Crippen MR) is 78.6 cm³/mol. The van der Waals surface area contributed by atoms with Crippen LogP contribution in [0.2, 0.25) is 0 Å². The highest BCUT2D eigenvalue weighted by Crippen LogP contribution is 2.30. The molecule has 19 heavy (non-hydrogen) atoms. The summed E-state index contributed by atoms with van der Waals surface area (Å²) in [5.41, 5.74) is 3.67. The number of aromatic nitrogens is 1. The van der Waals surface area contributed by atoms with Crippen molar-refractivity contribution in [1.82, 2.24) is 9.88 Å². The molecule has 0 bridgehead atoms. The van der Waals surface area contributed by atoms with Crippen LogP contribution >= 0.6 is 11.3 Å². The maximum Gasteiger partial charge on any atom is 0.140 e. The Morgan fingerprint density at radius 3 is 2.84 bits per heavy atom. The van der Waals surface area contributed by atoms with Crippen LogP contribution in [-0.4, -0.2) is 15.9 Å². The predicted octanol–water partition coefficient (Wildman–Crippen LogP) is 2.59. The number of nitrogen functional groups attached to an aromatic ring is 1. The zero-order chi connectivity index (χ0) is 13.1. The number of hydrogen-bond donors (Lipinski definition) is 2. The fourth-order valence-electron chi connectivity index (χ4n) is 2.21. The summed E-state index contributed by atoms with van der Waals surface area (Å²) < 4.78 is 0. The molecule has 2 aromatic rings. The van der Waals surface area contributed by atoms with Crippen molar-refractivity contribution >= 4 is 17.2 Å². The first-order chi connectivity index (χ1) is 9.35. The number of nitrogens with two attached hydrogens (primary N) is 1. The number of nitrogens with one attached hydrogen (secondary N) is 1. The zero-order valence-electron chi connectivity index (χ0n) is 10.7. The maximum absolute atomic E-state index is 5.41. The van der Waals surface area contributed by atoms with Gasteiger partial charge in [-0.05, 0) is 36.4 Å². The van der Waals surface area contributed by atoms with Gasteiger partial charge in [-0.1, -0.05) is 12.1 Å². The number of nitrogens with zero attached hydrogens (tertiary/aromatic N) is 2. The van der Waals surface area contributed by atoms with E-state index in [-0.39, 0.29) is 0 Å². The first kappa shape index (κ1) is 12.6. The molecule has 100 valence electrons. The molecular formula is C14H18N4S. The van der Waals surface area contributed by atoms with Gasteiger partial charge in [0.15, 0.2) is 0 Å². The molecular weight excluding hydrogens is 256 g/mol. The molecule has 4 nitrogen and oxygen atoms in total. The van der Waals surface area contributed by atoms with E-state index in [1.54, 1.807) is 0 Å². The van der Waals surface area contributed by atoms with Crippen molar-refractivity contribution in [2.24, 2.45) is 5.84 Å². The lowest BCUT2D eigenvalue weighted by Gasteiger charge is -2.21. The normalized spacial score (nSPS) is 14.8. The maximum atomic E-state index is 5.41. The summed E-state index contributed by atoms with van der Waals surface area (Å²) in [7, 11) is 0. The molecule has 3 rings (SSSR count). The first-order valence-corrected chi connectivity index (χ1v) is 7.42. The molecule has 0 atom stereocenters. The Kier molecular flexibility index (Phi) is 3.77. The highest BCUT2D eigenvalue weighted by Gasteiger charge is 2.29. The van der Waals surface area contributed by atoms with E-state index < -0.39 is 0 Å². The van der Waals surface area contributed by atoms with E-state index in [4.69, 9.17) is 5.84 Å². The van der Waals surface area contributed by atoms with Crippen molar-refractivity contribution in [2.45, 2.75) is 32.0 Å². The second-order valence-corrected chi connectivity index (χ2v) is 5.91. The lowest BCUT2D eigenvalue weighted by molar-refractivity contribution is 0.245. The molecule has 0 aromatic carbocycles. The standard InChI is InChI=1S/C14H18N4S/c15-17-14-5-1-3-11(16-14)9-18(12-6-7-12)10-13-4-2-8-19-13/h1-5,8,12H,6-7,9-10,15H2,(H,16,17). The number of pyridine rings is 1. The van der Waals surface area contributed by atoms with E-state index in [0.29, 0.717) is 0 Å². The van der Waals surface area contributed by atoms with Gasteiger partial charge in [0, 0.05) is 24.0 Å². The molecule has 0 aliphatic heterocycles. The lowest BCUT2D eigenvalue weighted by Crippen LogP contribution is -2.25. The average Bonchev–Trinajstić information content (AvgIpc) is 3.17. The molecule has 1 aliphatic rings. The fourth-order valence-corrected chi connectivity index (χ4v) is 2.94. The molecule has 2 aromatic heterocycles. The van der Waals surface area contributed by atoms with Crippen molar-refractivity contribution in [3.63, 3.8) is 0 Å².